The Morgan fingerprint density at radius 3 is 2.12 bits per heavy atom. The SMILES string of the molecule is CC(C)c1cnc(N2CCNCC2)nc1.Cl.Cl. The number of anilines is 1. The lowest BCUT2D eigenvalue weighted by Gasteiger charge is -2.27. The first kappa shape index (κ1) is 16.4. The maximum absolute atomic E-state index is 4.41. The van der Waals surface area contributed by atoms with E-state index in [1.165, 1.54) is 5.56 Å². The minimum atomic E-state index is 0. The molecule has 0 aliphatic carbocycles. The molecule has 0 atom stereocenters. The Morgan fingerprint density at radius 1 is 1.12 bits per heavy atom. The summed E-state index contributed by atoms with van der Waals surface area (Å²) in [7, 11) is 0. The summed E-state index contributed by atoms with van der Waals surface area (Å²) >= 11 is 0. The van der Waals surface area contributed by atoms with Gasteiger partial charge in [-0.2, -0.15) is 0 Å². The number of nitrogens with one attached hydrogen (secondary N) is 1. The van der Waals surface area contributed by atoms with Crippen molar-refractivity contribution in [1.29, 1.82) is 0 Å². The van der Waals surface area contributed by atoms with Crippen LogP contribution in [0.25, 0.3) is 0 Å². The largest absolute Gasteiger partial charge is 0.338 e. The summed E-state index contributed by atoms with van der Waals surface area (Å²) < 4.78 is 0. The Bertz CT molecular complexity index is 310. The number of piperazine rings is 1. The maximum Gasteiger partial charge on any atom is 0.225 e. The first-order valence-corrected chi connectivity index (χ1v) is 5.55. The van der Waals surface area contributed by atoms with E-state index in [9.17, 15) is 0 Å². The molecule has 1 aromatic rings. The van der Waals surface area contributed by atoms with Crippen molar-refractivity contribution in [3.05, 3.63) is 18.0 Å². The highest BCUT2D eigenvalue weighted by molar-refractivity contribution is 5.85. The first-order chi connectivity index (χ1) is 7.27. The van der Waals surface area contributed by atoms with Crippen LogP contribution in [-0.2, 0) is 0 Å². The second-order valence-electron chi connectivity index (χ2n) is 4.21. The number of nitrogens with zero attached hydrogens (tertiary/aromatic N) is 3. The number of aromatic nitrogens is 2. The highest BCUT2D eigenvalue weighted by Crippen LogP contribution is 2.14. The molecule has 6 heteroatoms. The standard InChI is InChI=1S/C11H18N4.2ClH/c1-9(2)10-7-13-11(14-8-10)15-5-3-12-4-6-15;;/h7-9,12H,3-6H2,1-2H3;2*1H. The van der Waals surface area contributed by atoms with Gasteiger partial charge in [-0.1, -0.05) is 13.8 Å². The van der Waals surface area contributed by atoms with Gasteiger partial charge in [0.2, 0.25) is 5.95 Å². The minimum Gasteiger partial charge on any atom is -0.338 e. The molecule has 2 rings (SSSR count). The van der Waals surface area contributed by atoms with Gasteiger partial charge in [-0.05, 0) is 11.5 Å². The van der Waals surface area contributed by atoms with Gasteiger partial charge in [0.1, 0.15) is 0 Å². The lowest BCUT2D eigenvalue weighted by atomic mass is 10.1. The van der Waals surface area contributed by atoms with Crippen LogP contribution in [0, 0.1) is 0 Å². The van der Waals surface area contributed by atoms with Crippen LogP contribution < -0.4 is 10.2 Å². The summed E-state index contributed by atoms with van der Waals surface area (Å²) in [6, 6.07) is 0. The van der Waals surface area contributed by atoms with Crippen molar-refractivity contribution in [1.82, 2.24) is 15.3 Å². The summed E-state index contributed by atoms with van der Waals surface area (Å²) in [5.41, 5.74) is 1.20. The van der Waals surface area contributed by atoms with Crippen LogP contribution in [0.15, 0.2) is 12.4 Å². The molecule has 0 aromatic carbocycles. The molecule has 0 amide bonds. The Labute approximate surface area is 115 Å². The van der Waals surface area contributed by atoms with E-state index in [0.29, 0.717) is 5.92 Å². The van der Waals surface area contributed by atoms with Gasteiger partial charge in [-0.25, -0.2) is 9.97 Å². The predicted molar refractivity (Wildman–Crippen MR) is 75.7 cm³/mol. The van der Waals surface area contributed by atoms with Crippen molar-refractivity contribution < 1.29 is 0 Å². The molecular formula is C11H20Cl2N4. The second-order valence-corrected chi connectivity index (χ2v) is 4.21. The van der Waals surface area contributed by atoms with E-state index in [4.69, 9.17) is 0 Å². The zero-order chi connectivity index (χ0) is 10.7. The quantitative estimate of drug-likeness (QED) is 0.897. The van der Waals surface area contributed by atoms with Crippen molar-refractivity contribution >= 4 is 30.8 Å². The maximum atomic E-state index is 4.41. The molecule has 0 unspecified atom stereocenters. The smallest absolute Gasteiger partial charge is 0.225 e. The Balaban J connectivity index is 0.00000128. The van der Waals surface area contributed by atoms with E-state index in [1.54, 1.807) is 0 Å². The van der Waals surface area contributed by atoms with Gasteiger partial charge in [0.05, 0.1) is 0 Å². The van der Waals surface area contributed by atoms with Crippen molar-refractivity contribution in [2.24, 2.45) is 0 Å². The predicted octanol–water partition coefficient (Wildman–Crippen LogP) is 1.85. The van der Waals surface area contributed by atoms with E-state index in [-0.39, 0.29) is 24.8 Å². The molecule has 4 nitrogen and oxygen atoms in total. The Morgan fingerprint density at radius 2 is 1.65 bits per heavy atom. The topological polar surface area (TPSA) is 41.1 Å². The minimum absolute atomic E-state index is 0. The normalized spacial score (nSPS) is 15.1. The van der Waals surface area contributed by atoms with Gasteiger partial charge in [-0.3, -0.25) is 0 Å². The molecule has 1 fully saturated rings. The average Bonchev–Trinajstić information content (AvgIpc) is 2.30. The third-order valence-corrected chi connectivity index (χ3v) is 2.72. The van der Waals surface area contributed by atoms with Crippen LogP contribution in [0.1, 0.15) is 25.3 Å². The molecule has 0 spiro atoms. The van der Waals surface area contributed by atoms with Crippen LogP contribution in [0.4, 0.5) is 5.95 Å². The summed E-state index contributed by atoms with van der Waals surface area (Å²) in [6.45, 7) is 8.36. The van der Waals surface area contributed by atoms with Crippen LogP contribution in [0.2, 0.25) is 0 Å². The molecule has 1 aromatic heterocycles. The van der Waals surface area contributed by atoms with Gasteiger partial charge in [0, 0.05) is 38.6 Å². The van der Waals surface area contributed by atoms with E-state index in [1.807, 2.05) is 12.4 Å². The molecule has 0 radical (unpaired) electrons. The number of hydrogen-bond donors (Lipinski definition) is 1. The average molecular weight is 279 g/mol. The second kappa shape index (κ2) is 7.69. The van der Waals surface area contributed by atoms with Crippen LogP contribution in [-0.4, -0.2) is 36.1 Å². The zero-order valence-electron chi connectivity index (χ0n) is 10.2. The molecule has 0 bridgehead atoms. The highest BCUT2D eigenvalue weighted by Gasteiger charge is 2.12. The molecule has 2 heterocycles. The fourth-order valence-corrected chi connectivity index (χ4v) is 1.66. The van der Waals surface area contributed by atoms with Crippen molar-refractivity contribution in [2.45, 2.75) is 19.8 Å². The first-order valence-electron chi connectivity index (χ1n) is 5.55. The highest BCUT2D eigenvalue weighted by atomic mass is 35.5. The van der Waals surface area contributed by atoms with Crippen molar-refractivity contribution in [3.8, 4) is 0 Å². The summed E-state index contributed by atoms with van der Waals surface area (Å²) in [5.74, 6) is 1.36. The Hall–Kier alpha value is -0.580. The third kappa shape index (κ3) is 4.30. The summed E-state index contributed by atoms with van der Waals surface area (Å²) in [6.07, 6.45) is 3.88. The number of halogens is 2. The van der Waals surface area contributed by atoms with Gasteiger partial charge in [0.25, 0.3) is 0 Å². The lowest BCUT2D eigenvalue weighted by Crippen LogP contribution is -2.44. The van der Waals surface area contributed by atoms with Gasteiger partial charge < -0.3 is 10.2 Å². The summed E-state index contributed by atoms with van der Waals surface area (Å²) in [4.78, 5) is 11.0. The molecule has 0 saturated carbocycles. The van der Waals surface area contributed by atoms with Gasteiger partial charge in [0.15, 0.2) is 0 Å². The van der Waals surface area contributed by atoms with Crippen molar-refractivity contribution in [3.63, 3.8) is 0 Å². The van der Waals surface area contributed by atoms with E-state index >= 15 is 0 Å². The number of rotatable bonds is 2. The van der Waals surface area contributed by atoms with Crippen LogP contribution in [0.3, 0.4) is 0 Å². The van der Waals surface area contributed by atoms with E-state index in [2.05, 4.69) is 34.0 Å². The van der Waals surface area contributed by atoms with Gasteiger partial charge in [-0.15, -0.1) is 24.8 Å². The molecule has 1 saturated heterocycles. The van der Waals surface area contributed by atoms with E-state index in [0.717, 1.165) is 32.1 Å². The van der Waals surface area contributed by atoms with E-state index < -0.39 is 0 Å². The summed E-state index contributed by atoms with van der Waals surface area (Å²) in [5, 5.41) is 3.32. The third-order valence-electron chi connectivity index (χ3n) is 2.72. The van der Waals surface area contributed by atoms with Crippen LogP contribution in [0.5, 0.6) is 0 Å². The fourth-order valence-electron chi connectivity index (χ4n) is 1.66. The zero-order valence-corrected chi connectivity index (χ0v) is 11.9. The molecule has 1 aliphatic rings. The number of hydrogen-bond acceptors (Lipinski definition) is 4. The monoisotopic (exact) mass is 278 g/mol. The lowest BCUT2D eigenvalue weighted by molar-refractivity contribution is 0.579. The molecule has 17 heavy (non-hydrogen) atoms. The molecule has 1 N–H and O–H groups in total. The van der Waals surface area contributed by atoms with Crippen molar-refractivity contribution in [2.75, 3.05) is 31.1 Å². The fraction of sp³-hybridized carbons (Fsp3) is 0.636. The molecule has 98 valence electrons. The van der Waals surface area contributed by atoms with Gasteiger partial charge >= 0.3 is 0 Å². The molecular weight excluding hydrogens is 259 g/mol. The Kier molecular flexibility index (Phi) is 7.43. The molecule has 1 aliphatic heterocycles. The van der Waals surface area contributed by atoms with Crippen LogP contribution >= 0.6 is 24.8 Å².